The maximum absolute atomic E-state index is 10.9. The van der Waals surface area contributed by atoms with E-state index in [0.29, 0.717) is 11.7 Å². The van der Waals surface area contributed by atoms with Crippen LogP contribution in [0.2, 0.25) is 0 Å². The third-order valence-electron chi connectivity index (χ3n) is 8.14. The van der Waals surface area contributed by atoms with Crippen molar-refractivity contribution in [2.24, 2.45) is 17.8 Å². The van der Waals surface area contributed by atoms with Crippen LogP contribution in [-0.4, -0.2) is 21.8 Å². The molecule has 0 radical (unpaired) electrons. The minimum atomic E-state index is -0.673. The van der Waals surface area contributed by atoms with Crippen LogP contribution < -0.4 is 4.74 Å². The maximum Gasteiger partial charge on any atom is 0.306 e. The third-order valence-corrected chi connectivity index (χ3v) is 8.14. The summed E-state index contributed by atoms with van der Waals surface area (Å²) in [4.78, 5) is 10.9. The Morgan fingerprint density at radius 2 is 1.45 bits per heavy atom. The lowest BCUT2D eigenvalue weighted by Gasteiger charge is -2.38. The van der Waals surface area contributed by atoms with Gasteiger partial charge >= 0.3 is 5.97 Å². The molecule has 0 spiro atoms. The summed E-state index contributed by atoms with van der Waals surface area (Å²) in [5.74, 6) is 1.96. The quantitative estimate of drug-likeness (QED) is 0.314. The SMILES string of the molecule is Cc1c(C)c2c(c(C)c1O)CC[C@@](C)(CCC[C@H](C)CCC[C@@H](C)CCCC(C)C(=O)O)O2. The maximum atomic E-state index is 10.9. The summed E-state index contributed by atoms with van der Waals surface area (Å²) < 4.78 is 6.58. The number of carboxylic acids is 1. The fourth-order valence-electron chi connectivity index (χ4n) is 5.29. The van der Waals surface area contributed by atoms with E-state index >= 15 is 0 Å². The molecule has 1 unspecified atom stereocenters. The molecule has 1 aromatic rings. The molecule has 33 heavy (non-hydrogen) atoms. The number of phenols is 1. The van der Waals surface area contributed by atoms with Crippen LogP contribution in [-0.2, 0) is 11.2 Å². The zero-order chi connectivity index (χ0) is 24.8. The number of fused-ring (bicyclic) bond motifs is 1. The van der Waals surface area contributed by atoms with E-state index in [9.17, 15) is 9.90 Å². The Morgan fingerprint density at radius 3 is 2.03 bits per heavy atom. The number of aliphatic carboxylic acids is 1. The molecule has 0 amide bonds. The molecule has 0 aliphatic carbocycles. The molecule has 1 aliphatic heterocycles. The van der Waals surface area contributed by atoms with Crippen molar-refractivity contribution in [1.82, 2.24) is 0 Å². The zero-order valence-corrected chi connectivity index (χ0v) is 22.2. The first-order chi connectivity index (χ1) is 15.4. The molecule has 1 heterocycles. The summed E-state index contributed by atoms with van der Waals surface area (Å²) in [6.07, 6.45) is 12.2. The minimum absolute atomic E-state index is 0.116. The highest BCUT2D eigenvalue weighted by Gasteiger charge is 2.34. The number of rotatable bonds is 13. The summed E-state index contributed by atoms with van der Waals surface area (Å²) in [5, 5.41) is 19.4. The molecule has 188 valence electrons. The van der Waals surface area contributed by atoms with Crippen LogP contribution in [0.4, 0.5) is 0 Å². The molecular formula is C29H48O4. The van der Waals surface area contributed by atoms with Crippen molar-refractivity contribution >= 4 is 5.97 Å². The fourth-order valence-corrected chi connectivity index (χ4v) is 5.29. The molecule has 4 nitrogen and oxygen atoms in total. The van der Waals surface area contributed by atoms with E-state index in [1.165, 1.54) is 37.7 Å². The van der Waals surface area contributed by atoms with Gasteiger partial charge < -0.3 is 14.9 Å². The van der Waals surface area contributed by atoms with Crippen LogP contribution in [0, 0.1) is 38.5 Å². The van der Waals surface area contributed by atoms with Crippen LogP contribution in [0.3, 0.4) is 0 Å². The van der Waals surface area contributed by atoms with E-state index in [0.717, 1.165) is 66.9 Å². The lowest BCUT2D eigenvalue weighted by molar-refractivity contribution is -0.141. The lowest BCUT2D eigenvalue weighted by Crippen LogP contribution is -2.37. The Morgan fingerprint density at radius 1 is 0.909 bits per heavy atom. The molecule has 0 fully saturated rings. The predicted octanol–water partition coefficient (Wildman–Crippen LogP) is 7.90. The van der Waals surface area contributed by atoms with Crippen LogP contribution in [0.5, 0.6) is 11.5 Å². The van der Waals surface area contributed by atoms with Gasteiger partial charge in [0.05, 0.1) is 5.92 Å². The molecule has 0 saturated heterocycles. The standard InChI is InChI=1S/C29H48O4/c1-19(13-9-15-21(3)28(31)32)11-8-12-20(2)14-10-17-29(7)18-16-25-24(6)26(30)22(4)23(5)27(25)33-29/h19-21,30H,8-18H2,1-7H3,(H,31,32)/t19-,20-,21?,29-/m1/s1. The van der Waals surface area contributed by atoms with Gasteiger partial charge in [0, 0.05) is 5.56 Å². The molecule has 0 bridgehead atoms. The molecule has 1 aliphatic rings. The van der Waals surface area contributed by atoms with Gasteiger partial charge in [-0.15, -0.1) is 0 Å². The number of carboxylic acid groups (broad SMARTS) is 1. The number of ether oxygens (including phenoxy) is 1. The average molecular weight is 461 g/mol. The molecule has 4 atom stereocenters. The van der Waals surface area contributed by atoms with Gasteiger partial charge in [-0.1, -0.05) is 59.3 Å². The van der Waals surface area contributed by atoms with Crippen LogP contribution in [0.15, 0.2) is 0 Å². The second-order valence-electron chi connectivity index (χ2n) is 11.3. The van der Waals surface area contributed by atoms with Crippen molar-refractivity contribution < 1.29 is 19.7 Å². The molecule has 4 heteroatoms. The van der Waals surface area contributed by atoms with Crippen molar-refractivity contribution in [3.63, 3.8) is 0 Å². The Kier molecular flexibility index (Phi) is 10.1. The monoisotopic (exact) mass is 460 g/mol. The number of carbonyl (C=O) groups is 1. The summed E-state index contributed by atoms with van der Waals surface area (Å²) in [5.41, 5.74) is 4.07. The predicted molar refractivity (Wildman–Crippen MR) is 136 cm³/mol. The summed E-state index contributed by atoms with van der Waals surface area (Å²) in [6, 6.07) is 0. The Labute approximate surface area is 202 Å². The summed E-state index contributed by atoms with van der Waals surface area (Å²) in [6.45, 7) is 14.8. The summed E-state index contributed by atoms with van der Waals surface area (Å²) >= 11 is 0. The summed E-state index contributed by atoms with van der Waals surface area (Å²) in [7, 11) is 0. The van der Waals surface area contributed by atoms with Gasteiger partial charge in [-0.2, -0.15) is 0 Å². The normalized spacial score (nSPS) is 20.6. The van der Waals surface area contributed by atoms with Gasteiger partial charge in [0.1, 0.15) is 17.1 Å². The number of hydrogen-bond acceptors (Lipinski definition) is 3. The zero-order valence-electron chi connectivity index (χ0n) is 22.2. The van der Waals surface area contributed by atoms with Crippen molar-refractivity contribution in [3.8, 4) is 11.5 Å². The van der Waals surface area contributed by atoms with E-state index in [1.54, 1.807) is 6.92 Å². The largest absolute Gasteiger partial charge is 0.507 e. The molecule has 2 rings (SSSR count). The van der Waals surface area contributed by atoms with Crippen molar-refractivity contribution in [2.75, 3.05) is 0 Å². The highest BCUT2D eigenvalue weighted by atomic mass is 16.5. The lowest BCUT2D eigenvalue weighted by atomic mass is 9.84. The first kappa shape index (κ1) is 27.5. The van der Waals surface area contributed by atoms with Gasteiger partial charge in [-0.25, -0.2) is 0 Å². The topological polar surface area (TPSA) is 66.8 Å². The number of hydrogen-bond donors (Lipinski definition) is 2. The molecular weight excluding hydrogens is 412 g/mol. The first-order valence-corrected chi connectivity index (χ1v) is 13.2. The van der Waals surface area contributed by atoms with Gasteiger partial charge in [0.15, 0.2) is 0 Å². The average Bonchev–Trinajstić information content (AvgIpc) is 2.76. The van der Waals surface area contributed by atoms with Gasteiger partial charge in [0.25, 0.3) is 0 Å². The third kappa shape index (κ3) is 7.65. The number of aromatic hydroxyl groups is 1. The van der Waals surface area contributed by atoms with Crippen LogP contribution in [0.25, 0.3) is 0 Å². The van der Waals surface area contributed by atoms with Gasteiger partial charge in [0.2, 0.25) is 0 Å². The van der Waals surface area contributed by atoms with Crippen molar-refractivity contribution in [3.05, 3.63) is 22.3 Å². The van der Waals surface area contributed by atoms with E-state index < -0.39 is 5.97 Å². The van der Waals surface area contributed by atoms with E-state index in [4.69, 9.17) is 9.84 Å². The second-order valence-corrected chi connectivity index (χ2v) is 11.3. The minimum Gasteiger partial charge on any atom is -0.507 e. The Hall–Kier alpha value is -1.71. The van der Waals surface area contributed by atoms with Crippen molar-refractivity contribution in [2.45, 2.75) is 125 Å². The van der Waals surface area contributed by atoms with E-state index in [1.807, 2.05) is 13.8 Å². The Bertz CT molecular complexity index is 800. The van der Waals surface area contributed by atoms with Crippen LogP contribution in [0.1, 0.15) is 114 Å². The van der Waals surface area contributed by atoms with Gasteiger partial charge in [-0.3, -0.25) is 4.79 Å². The highest BCUT2D eigenvalue weighted by Crippen LogP contribution is 2.44. The molecule has 0 saturated carbocycles. The number of benzene rings is 1. The fraction of sp³-hybridized carbons (Fsp3) is 0.759. The highest BCUT2D eigenvalue weighted by molar-refractivity contribution is 5.69. The number of phenolic OH excluding ortho intramolecular Hbond substituents is 1. The second kappa shape index (κ2) is 12.1. The Balaban J connectivity index is 1.70. The molecule has 0 aromatic heterocycles. The molecule has 1 aromatic carbocycles. The van der Waals surface area contributed by atoms with E-state index in [2.05, 4.69) is 27.7 Å². The first-order valence-electron chi connectivity index (χ1n) is 13.2. The van der Waals surface area contributed by atoms with Crippen molar-refractivity contribution in [1.29, 1.82) is 0 Å². The van der Waals surface area contributed by atoms with Gasteiger partial charge in [-0.05, 0) is 88.3 Å². The van der Waals surface area contributed by atoms with Crippen LogP contribution >= 0.6 is 0 Å². The molecule has 2 N–H and O–H groups in total. The van der Waals surface area contributed by atoms with E-state index in [-0.39, 0.29) is 11.5 Å². The smallest absolute Gasteiger partial charge is 0.306 e.